The summed E-state index contributed by atoms with van der Waals surface area (Å²) in [6.45, 7) is 2.77. The van der Waals surface area contributed by atoms with Gasteiger partial charge in [0, 0.05) is 36.1 Å². The van der Waals surface area contributed by atoms with Crippen LogP contribution in [0.4, 0.5) is 4.79 Å². The molecule has 2 aliphatic heterocycles. The molecule has 3 aliphatic rings. The van der Waals surface area contributed by atoms with Crippen LogP contribution in [0.25, 0.3) is 0 Å². The van der Waals surface area contributed by atoms with Crippen molar-refractivity contribution in [2.75, 3.05) is 31.9 Å². The van der Waals surface area contributed by atoms with E-state index in [4.69, 9.17) is 11.6 Å². The van der Waals surface area contributed by atoms with Crippen molar-refractivity contribution in [1.82, 2.24) is 15.1 Å². The van der Waals surface area contributed by atoms with E-state index in [0.29, 0.717) is 0 Å². The molecule has 0 bridgehead atoms. The van der Waals surface area contributed by atoms with E-state index in [1.807, 2.05) is 12.1 Å². The highest BCUT2D eigenvalue weighted by atomic mass is 35.5. The fourth-order valence-electron chi connectivity index (χ4n) is 4.56. The van der Waals surface area contributed by atoms with E-state index in [1.54, 1.807) is 0 Å². The number of nitrogens with zero attached hydrogens (tertiary/aromatic N) is 2. The highest BCUT2D eigenvalue weighted by molar-refractivity contribution is 8.14. The molecular formula is C21H26ClN3O3S. The van der Waals surface area contributed by atoms with Crippen LogP contribution in [0.5, 0.6) is 0 Å². The number of likely N-dealkylation sites (tertiary alicyclic amines) is 1. The van der Waals surface area contributed by atoms with Crippen molar-refractivity contribution in [3.63, 3.8) is 0 Å². The number of carbonyl (C=O) groups is 3. The van der Waals surface area contributed by atoms with E-state index < -0.39 is 0 Å². The largest absolute Gasteiger partial charge is 0.352 e. The first-order chi connectivity index (χ1) is 13.9. The smallest absolute Gasteiger partial charge is 0.289 e. The molecule has 8 heteroatoms. The Morgan fingerprint density at radius 3 is 2.41 bits per heavy atom. The van der Waals surface area contributed by atoms with Crippen molar-refractivity contribution in [3.8, 4) is 0 Å². The molecule has 0 atom stereocenters. The predicted molar refractivity (Wildman–Crippen MR) is 114 cm³/mol. The monoisotopic (exact) mass is 435 g/mol. The topological polar surface area (TPSA) is 69.7 Å². The fraction of sp³-hybridized carbons (Fsp3) is 0.571. The van der Waals surface area contributed by atoms with Gasteiger partial charge in [0.2, 0.25) is 11.8 Å². The van der Waals surface area contributed by atoms with Crippen LogP contribution >= 0.6 is 23.4 Å². The van der Waals surface area contributed by atoms with Crippen LogP contribution in [0, 0.1) is 0 Å². The Morgan fingerprint density at radius 2 is 1.86 bits per heavy atom. The van der Waals surface area contributed by atoms with Gasteiger partial charge in [-0.15, -0.1) is 0 Å². The number of rotatable bonds is 6. The summed E-state index contributed by atoms with van der Waals surface area (Å²) in [5.74, 6) is -0.387. The summed E-state index contributed by atoms with van der Waals surface area (Å²) in [4.78, 5) is 39.1. The van der Waals surface area contributed by atoms with Crippen molar-refractivity contribution in [3.05, 3.63) is 34.9 Å². The maximum Gasteiger partial charge on any atom is 0.289 e. The summed E-state index contributed by atoms with van der Waals surface area (Å²) in [7, 11) is 0. The molecule has 2 heterocycles. The third kappa shape index (κ3) is 4.62. The van der Waals surface area contributed by atoms with Gasteiger partial charge in [-0.2, -0.15) is 0 Å². The summed E-state index contributed by atoms with van der Waals surface area (Å²) in [6, 6.07) is 8.38. The van der Waals surface area contributed by atoms with Crippen LogP contribution in [-0.2, 0) is 15.0 Å². The molecule has 2 saturated heterocycles. The van der Waals surface area contributed by atoms with Crippen molar-refractivity contribution in [2.24, 2.45) is 0 Å². The number of nitrogens with one attached hydrogen (secondary N) is 1. The highest BCUT2D eigenvalue weighted by Crippen LogP contribution is 2.44. The Kier molecular flexibility index (Phi) is 6.18. The number of amides is 3. The number of benzene rings is 1. The number of piperidine rings is 1. The normalized spacial score (nSPS) is 22.6. The Morgan fingerprint density at radius 1 is 1.17 bits per heavy atom. The first-order valence-corrected chi connectivity index (χ1v) is 11.6. The maximum absolute atomic E-state index is 12.2. The summed E-state index contributed by atoms with van der Waals surface area (Å²) >= 11 is 7.01. The minimum Gasteiger partial charge on any atom is -0.352 e. The molecule has 3 fully saturated rings. The van der Waals surface area contributed by atoms with E-state index in [2.05, 4.69) is 22.3 Å². The third-order valence-corrected chi connectivity index (χ3v) is 7.50. The lowest BCUT2D eigenvalue weighted by Crippen LogP contribution is -2.52. The van der Waals surface area contributed by atoms with Gasteiger partial charge in [-0.05, 0) is 43.4 Å². The van der Waals surface area contributed by atoms with Crippen LogP contribution in [0.1, 0.15) is 37.7 Å². The van der Waals surface area contributed by atoms with Crippen molar-refractivity contribution < 1.29 is 14.4 Å². The van der Waals surface area contributed by atoms with Gasteiger partial charge in [0.1, 0.15) is 6.54 Å². The van der Waals surface area contributed by atoms with E-state index in [0.717, 1.165) is 54.2 Å². The molecule has 29 heavy (non-hydrogen) atoms. The zero-order valence-corrected chi connectivity index (χ0v) is 17.9. The molecule has 0 spiro atoms. The van der Waals surface area contributed by atoms with Gasteiger partial charge in [0.05, 0.1) is 5.75 Å². The zero-order chi connectivity index (χ0) is 20.4. The molecule has 0 radical (unpaired) electrons. The minimum atomic E-state index is -0.326. The summed E-state index contributed by atoms with van der Waals surface area (Å²) in [5, 5.41) is 3.45. The second-order valence-corrected chi connectivity index (χ2v) is 9.66. The number of carbonyl (C=O) groups excluding carboxylic acids is 3. The average molecular weight is 436 g/mol. The molecule has 6 nitrogen and oxygen atoms in total. The van der Waals surface area contributed by atoms with Crippen LogP contribution in [0.2, 0.25) is 5.02 Å². The Balaban J connectivity index is 1.26. The van der Waals surface area contributed by atoms with Gasteiger partial charge in [0.15, 0.2) is 0 Å². The molecule has 0 aromatic heterocycles. The van der Waals surface area contributed by atoms with Gasteiger partial charge in [-0.25, -0.2) is 0 Å². The van der Waals surface area contributed by atoms with Crippen molar-refractivity contribution in [1.29, 1.82) is 0 Å². The lowest BCUT2D eigenvalue weighted by molar-refractivity contribution is -0.130. The van der Waals surface area contributed by atoms with Crippen LogP contribution in [0.3, 0.4) is 0 Å². The van der Waals surface area contributed by atoms with Crippen LogP contribution in [-0.4, -0.2) is 64.8 Å². The quantitative estimate of drug-likeness (QED) is 0.743. The Labute approximate surface area is 180 Å². The average Bonchev–Trinajstić information content (AvgIpc) is 2.99. The summed E-state index contributed by atoms with van der Waals surface area (Å²) < 4.78 is 0. The Hall–Kier alpha value is -1.57. The van der Waals surface area contributed by atoms with Crippen LogP contribution in [0.15, 0.2) is 24.3 Å². The van der Waals surface area contributed by atoms with Crippen molar-refractivity contribution in [2.45, 2.75) is 43.6 Å². The molecule has 1 N–H and O–H groups in total. The molecule has 1 aliphatic carbocycles. The van der Waals surface area contributed by atoms with E-state index >= 15 is 0 Å². The van der Waals surface area contributed by atoms with Crippen LogP contribution < -0.4 is 5.32 Å². The zero-order valence-electron chi connectivity index (χ0n) is 16.4. The standard InChI is InChI=1S/C21H26ClN3O3S/c22-16-4-2-15(3-5-16)21(8-1-9-21)14-24-10-6-17(7-11-24)23-18(26)12-25-19(27)13-29-20(25)28/h2-5,17H,1,6-14H2,(H,23,26). The van der Waals surface area contributed by atoms with Gasteiger partial charge < -0.3 is 10.2 Å². The number of imide groups is 1. The van der Waals surface area contributed by atoms with Gasteiger partial charge in [-0.3, -0.25) is 19.3 Å². The lowest BCUT2D eigenvalue weighted by atomic mass is 9.64. The maximum atomic E-state index is 12.2. The molecular weight excluding hydrogens is 410 g/mol. The van der Waals surface area contributed by atoms with Gasteiger partial charge >= 0.3 is 0 Å². The predicted octanol–water partition coefficient (Wildman–Crippen LogP) is 3.04. The fourth-order valence-corrected chi connectivity index (χ4v) is 5.41. The first kappa shape index (κ1) is 20.7. The molecule has 1 aromatic rings. The molecule has 4 rings (SSSR count). The molecule has 0 unspecified atom stereocenters. The molecule has 1 saturated carbocycles. The van der Waals surface area contributed by atoms with E-state index in [1.165, 1.54) is 24.8 Å². The van der Waals surface area contributed by atoms with Crippen molar-refractivity contribution >= 4 is 40.4 Å². The number of thioether (sulfide) groups is 1. The Bertz CT molecular complexity index is 773. The molecule has 3 amide bonds. The third-order valence-electron chi connectivity index (χ3n) is 6.39. The number of hydrogen-bond acceptors (Lipinski definition) is 5. The molecule has 156 valence electrons. The SMILES string of the molecule is O=C(CN1C(=O)CSC1=O)NC1CCN(CC2(c3ccc(Cl)cc3)CCC2)CC1. The van der Waals surface area contributed by atoms with E-state index in [-0.39, 0.29) is 40.8 Å². The first-order valence-electron chi connectivity index (χ1n) is 10.2. The lowest BCUT2D eigenvalue weighted by Gasteiger charge is -2.47. The highest BCUT2D eigenvalue weighted by Gasteiger charge is 2.40. The van der Waals surface area contributed by atoms with Gasteiger partial charge in [-0.1, -0.05) is 41.9 Å². The van der Waals surface area contributed by atoms with E-state index in [9.17, 15) is 14.4 Å². The number of halogens is 1. The van der Waals surface area contributed by atoms with Gasteiger partial charge in [0.25, 0.3) is 5.24 Å². The minimum absolute atomic E-state index is 0.104. The number of hydrogen-bond donors (Lipinski definition) is 1. The second kappa shape index (κ2) is 8.66. The second-order valence-electron chi connectivity index (χ2n) is 8.29. The molecule has 1 aromatic carbocycles. The summed E-state index contributed by atoms with van der Waals surface area (Å²) in [5.41, 5.74) is 1.61. The summed E-state index contributed by atoms with van der Waals surface area (Å²) in [6.07, 6.45) is 5.46.